The number of benzene rings is 4. The van der Waals surface area contributed by atoms with Crippen LogP contribution in [0.4, 0.5) is 0 Å². The second kappa shape index (κ2) is 19.6. The molecule has 0 N–H and O–H groups in total. The first-order valence-electron chi connectivity index (χ1n) is 15.3. The topological polar surface area (TPSA) is 3.24 Å². The van der Waals surface area contributed by atoms with Crippen molar-refractivity contribution in [3.05, 3.63) is 136 Å². The van der Waals surface area contributed by atoms with Gasteiger partial charge < -0.3 is 14.9 Å². The van der Waals surface area contributed by atoms with Gasteiger partial charge in [0.25, 0.3) is 0 Å². The van der Waals surface area contributed by atoms with Crippen LogP contribution in [0.25, 0.3) is 0 Å². The minimum atomic E-state index is -0.574. The minimum Gasteiger partial charge on any atom is -0.358 e. The van der Waals surface area contributed by atoms with Crippen LogP contribution in [0.3, 0.4) is 0 Å². The number of rotatable bonds is 8. The maximum Gasteiger partial charge on any atom is 2.00 e. The van der Waals surface area contributed by atoms with Gasteiger partial charge in [-0.25, -0.2) is 0 Å². The first-order chi connectivity index (χ1) is 19.7. The fraction of sp³-hybridized carbons (Fsp3) is 0.333. The number of hydrogen-bond acceptors (Lipinski definition) is 1. The molecular weight excluding hydrogens is 600 g/mol. The zero-order chi connectivity index (χ0) is 27.6. The van der Waals surface area contributed by atoms with Gasteiger partial charge >= 0.3 is 17.1 Å². The molecule has 0 heterocycles. The summed E-state index contributed by atoms with van der Waals surface area (Å²) in [5.74, 6) is 0.684. The Labute approximate surface area is 276 Å². The van der Waals surface area contributed by atoms with E-state index < -0.39 is 16.0 Å². The van der Waals surface area contributed by atoms with Crippen LogP contribution in [0.1, 0.15) is 58.3 Å². The van der Waals surface area contributed by atoms with E-state index in [1.807, 2.05) is 0 Å². The summed E-state index contributed by atoms with van der Waals surface area (Å²) in [5.41, 5.74) is 0.704. The molecule has 4 aromatic rings. The summed E-state index contributed by atoms with van der Waals surface area (Å²) in [6, 6.07) is 45.4. The molecule has 2 unspecified atom stereocenters. The Morgan fingerprint density at radius 3 is 1.26 bits per heavy atom. The molecule has 0 radical (unpaired) electrons. The maximum absolute atomic E-state index is 2.71. The Balaban J connectivity index is 0.000000734. The van der Waals surface area contributed by atoms with Crippen LogP contribution in [0, 0.1) is 20.8 Å². The summed E-state index contributed by atoms with van der Waals surface area (Å²) in [6.45, 7) is 2.49. The van der Waals surface area contributed by atoms with E-state index in [0.29, 0.717) is 17.6 Å². The van der Waals surface area contributed by atoms with E-state index in [2.05, 4.69) is 140 Å². The Bertz CT molecular complexity index is 1170. The Hall–Kier alpha value is -1.78. The third-order valence-electron chi connectivity index (χ3n) is 8.71. The molecule has 0 aromatic heterocycles. The Morgan fingerprint density at radius 1 is 0.535 bits per heavy atom. The molecule has 4 aromatic carbocycles. The molecule has 4 heteroatoms. The summed E-state index contributed by atoms with van der Waals surface area (Å²) in [4.78, 5) is 0. The molecule has 43 heavy (non-hydrogen) atoms. The molecule has 230 valence electrons. The van der Waals surface area contributed by atoms with Gasteiger partial charge in [-0.1, -0.05) is 160 Å². The van der Waals surface area contributed by atoms with Crippen LogP contribution in [0.2, 0.25) is 0 Å². The van der Waals surface area contributed by atoms with Crippen LogP contribution in [0.5, 0.6) is 0 Å². The Morgan fingerprint density at radius 2 is 0.884 bits per heavy atom. The van der Waals surface area contributed by atoms with E-state index in [0.717, 1.165) is 0 Å². The summed E-state index contributed by atoms with van der Waals surface area (Å²) in [5, 5.41) is 5.92. The molecule has 0 amide bonds. The summed E-state index contributed by atoms with van der Waals surface area (Å²) >= 11 is 0. The van der Waals surface area contributed by atoms with Gasteiger partial charge in [0, 0.05) is 14.1 Å². The first kappa shape index (κ1) is 37.4. The zero-order valence-electron chi connectivity index (χ0n) is 26.6. The number of hydrogen-bond donors (Lipinski definition) is 0. The van der Waals surface area contributed by atoms with Gasteiger partial charge in [0.1, 0.15) is 0 Å². The fourth-order valence-corrected chi connectivity index (χ4v) is 12.3. The molecule has 2 aliphatic rings. The van der Waals surface area contributed by atoms with Crippen LogP contribution in [-0.4, -0.2) is 23.4 Å². The minimum absolute atomic E-state index is 0. The van der Waals surface area contributed by atoms with Gasteiger partial charge in [-0.3, -0.25) is 4.67 Å². The summed E-state index contributed by atoms with van der Waals surface area (Å²) in [6.07, 6.45) is 11.5. The van der Waals surface area contributed by atoms with Gasteiger partial charge in [-0.05, 0) is 67.5 Å². The third kappa shape index (κ3) is 9.85. The predicted octanol–water partition coefficient (Wildman–Crippen LogP) is 9.50. The van der Waals surface area contributed by atoms with Gasteiger partial charge in [-0.2, -0.15) is 0 Å². The Kier molecular flexibility index (Phi) is 17.0. The van der Waals surface area contributed by atoms with Crippen LogP contribution in [-0.2, 0) is 17.1 Å². The van der Waals surface area contributed by atoms with Gasteiger partial charge in [0.05, 0.1) is 0 Å². The molecule has 3 atom stereocenters. The van der Waals surface area contributed by atoms with E-state index in [4.69, 9.17) is 0 Å². The van der Waals surface area contributed by atoms with Gasteiger partial charge in [0.15, 0.2) is 0 Å². The standard InChI is InChI=1S/C32H35NP2.C5H10.2CH3.Fe/c1-26(33(2)35(29-20-11-5-12-21-29)30-22-13-6-14-23-30)31-24-15-25-32(31)34(27-16-7-3-8-17-27)28-18-9-4-10-19-28;1-2-4-5-3-1;;;/h3-14,16-23,26,31-32H,15,24-25H2,1-2H3;1-5H2;2*1H3;/q;;2*-1;+2/t26-,31?,32?;;;;/m1..../s1. The van der Waals surface area contributed by atoms with E-state index in [9.17, 15) is 0 Å². The fourth-order valence-electron chi connectivity index (χ4n) is 6.56. The normalized spacial score (nSPS) is 18.2. The molecule has 0 spiro atoms. The van der Waals surface area contributed by atoms with Crippen molar-refractivity contribution in [2.45, 2.75) is 70.0 Å². The quantitative estimate of drug-likeness (QED) is 0.104. The average Bonchev–Trinajstić information content (AvgIpc) is 3.76. The SMILES string of the molecule is C1CCCC1.C[C@H](C1CCCC1P(c1ccccc1)c1ccccc1)N(C)P(c1ccccc1)c1ccccc1.[CH3-].[CH3-].[Fe+2]. The van der Waals surface area contributed by atoms with Crippen molar-refractivity contribution in [2.75, 3.05) is 7.05 Å². The third-order valence-corrected chi connectivity index (χ3v) is 14.3. The monoisotopic (exact) mass is 651 g/mol. The van der Waals surface area contributed by atoms with E-state index in [-0.39, 0.29) is 31.9 Å². The zero-order valence-corrected chi connectivity index (χ0v) is 29.5. The van der Waals surface area contributed by atoms with Crippen LogP contribution >= 0.6 is 16.0 Å². The van der Waals surface area contributed by atoms with Crippen molar-refractivity contribution in [2.24, 2.45) is 5.92 Å². The first-order valence-corrected chi connectivity index (χ1v) is 18.0. The van der Waals surface area contributed by atoms with Crippen LogP contribution in [0.15, 0.2) is 121 Å². The molecule has 2 fully saturated rings. The second-order valence-corrected chi connectivity index (χ2v) is 16.0. The summed E-state index contributed by atoms with van der Waals surface area (Å²) < 4.78 is 2.71. The van der Waals surface area contributed by atoms with Gasteiger partial charge in [0.2, 0.25) is 0 Å². The molecule has 2 aliphatic carbocycles. The van der Waals surface area contributed by atoms with Crippen molar-refractivity contribution in [1.29, 1.82) is 0 Å². The van der Waals surface area contributed by atoms with Crippen molar-refractivity contribution in [1.82, 2.24) is 4.67 Å². The molecule has 0 bridgehead atoms. The van der Waals surface area contributed by atoms with Crippen molar-refractivity contribution < 1.29 is 17.1 Å². The second-order valence-electron chi connectivity index (χ2n) is 11.3. The molecule has 6 rings (SSSR count). The van der Waals surface area contributed by atoms with E-state index >= 15 is 0 Å². The van der Waals surface area contributed by atoms with E-state index in [1.54, 1.807) is 0 Å². The largest absolute Gasteiger partial charge is 2.00 e. The van der Waals surface area contributed by atoms with E-state index in [1.165, 1.54) is 72.6 Å². The molecule has 0 aliphatic heterocycles. The molecular formula is C39H51FeNP2. The smallest absolute Gasteiger partial charge is 0.358 e. The molecule has 1 nitrogen and oxygen atoms in total. The molecule has 2 saturated carbocycles. The van der Waals surface area contributed by atoms with Gasteiger partial charge in [-0.15, -0.1) is 0 Å². The number of nitrogens with zero attached hydrogens (tertiary/aromatic N) is 1. The summed E-state index contributed by atoms with van der Waals surface area (Å²) in [7, 11) is 1.40. The van der Waals surface area contributed by atoms with Crippen molar-refractivity contribution in [3.8, 4) is 0 Å². The average molecular weight is 652 g/mol. The predicted molar refractivity (Wildman–Crippen MR) is 192 cm³/mol. The molecule has 0 saturated heterocycles. The van der Waals surface area contributed by atoms with Crippen molar-refractivity contribution >= 4 is 37.2 Å². The van der Waals surface area contributed by atoms with Crippen molar-refractivity contribution in [3.63, 3.8) is 0 Å². The van der Waals surface area contributed by atoms with Crippen LogP contribution < -0.4 is 21.2 Å². The maximum atomic E-state index is 2.71.